The highest BCUT2D eigenvalue weighted by atomic mass is 16.5. The van der Waals surface area contributed by atoms with Crippen molar-refractivity contribution in [2.75, 3.05) is 25.1 Å². The molecule has 96 valence electrons. The van der Waals surface area contributed by atoms with Gasteiger partial charge in [0.15, 0.2) is 0 Å². The monoisotopic (exact) mass is 246 g/mol. The maximum Gasteiger partial charge on any atom is 0.231 e. The molecular weight excluding hydrogens is 228 g/mol. The number of morpholine rings is 1. The van der Waals surface area contributed by atoms with Gasteiger partial charge in [0.05, 0.1) is 25.2 Å². The Hall–Kier alpha value is -1.39. The largest absolute Gasteiger partial charge is 0.375 e. The van der Waals surface area contributed by atoms with Crippen LogP contribution >= 0.6 is 0 Å². The molecule has 3 rings (SSSR count). The van der Waals surface area contributed by atoms with Crippen LogP contribution in [0, 0.1) is 0 Å². The lowest BCUT2D eigenvalue weighted by Gasteiger charge is -2.29. The van der Waals surface area contributed by atoms with E-state index >= 15 is 0 Å². The Morgan fingerprint density at radius 1 is 1.44 bits per heavy atom. The van der Waals surface area contributed by atoms with Crippen LogP contribution < -0.4 is 10.2 Å². The van der Waals surface area contributed by atoms with Crippen molar-refractivity contribution in [3.8, 4) is 0 Å². The van der Waals surface area contributed by atoms with Crippen LogP contribution in [0.2, 0.25) is 0 Å². The Balaban J connectivity index is 1.83. The zero-order chi connectivity index (χ0) is 12.7. The van der Waals surface area contributed by atoms with Gasteiger partial charge in [-0.2, -0.15) is 0 Å². The molecular formula is C14H18N2O2. The third kappa shape index (κ3) is 1.91. The number of hydrogen-bond donors (Lipinski definition) is 1. The number of hydrogen-bond acceptors (Lipinski definition) is 3. The lowest BCUT2D eigenvalue weighted by Crippen LogP contribution is -2.39. The van der Waals surface area contributed by atoms with Gasteiger partial charge in [-0.3, -0.25) is 4.79 Å². The summed E-state index contributed by atoms with van der Waals surface area (Å²) in [6.45, 7) is 3.64. The fraction of sp³-hybridized carbons (Fsp3) is 0.500. The van der Waals surface area contributed by atoms with Crippen LogP contribution in [0.15, 0.2) is 18.2 Å². The first-order valence-corrected chi connectivity index (χ1v) is 6.39. The highest BCUT2D eigenvalue weighted by Crippen LogP contribution is 2.30. The minimum Gasteiger partial charge on any atom is -0.375 e. The first kappa shape index (κ1) is 11.7. The summed E-state index contributed by atoms with van der Waals surface area (Å²) in [6.07, 6.45) is 0.798. The van der Waals surface area contributed by atoms with E-state index in [0.717, 1.165) is 17.8 Å². The standard InChI is InChI=1S/C14H18N2O2/c1-9-7-15-12(8-18-9)10-3-4-13-11(5-10)6-14(17)16(13)2/h3-5,9,12,15H,6-8H2,1-2H3. The Bertz CT molecular complexity index is 479. The summed E-state index contributed by atoms with van der Waals surface area (Å²) < 4.78 is 5.67. The molecule has 1 aromatic rings. The molecule has 1 saturated heterocycles. The van der Waals surface area contributed by atoms with E-state index < -0.39 is 0 Å². The van der Waals surface area contributed by atoms with Crippen LogP contribution in [-0.2, 0) is 16.0 Å². The molecule has 4 nitrogen and oxygen atoms in total. The van der Waals surface area contributed by atoms with Crippen molar-refractivity contribution >= 4 is 11.6 Å². The van der Waals surface area contributed by atoms with Crippen LogP contribution in [-0.4, -0.2) is 32.2 Å². The predicted octanol–water partition coefficient (Wildman–Crippen LogP) is 1.25. The highest BCUT2D eigenvalue weighted by Gasteiger charge is 2.26. The van der Waals surface area contributed by atoms with Gasteiger partial charge in [0.2, 0.25) is 5.91 Å². The Labute approximate surface area is 107 Å². The first-order valence-electron chi connectivity index (χ1n) is 6.39. The number of carbonyl (C=O) groups excluding carboxylic acids is 1. The maximum absolute atomic E-state index is 11.6. The molecule has 1 amide bonds. The number of ether oxygens (including phenoxy) is 1. The van der Waals surface area contributed by atoms with Crippen LogP contribution in [0.25, 0.3) is 0 Å². The first-order chi connectivity index (χ1) is 8.65. The molecule has 0 aromatic heterocycles. The number of rotatable bonds is 1. The van der Waals surface area contributed by atoms with Crippen molar-refractivity contribution < 1.29 is 9.53 Å². The second-order valence-electron chi connectivity index (χ2n) is 5.12. The molecule has 18 heavy (non-hydrogen) atoms. The van der Waals surface area contributed by atoms with Crippen molar-refractivity contribution in [3.05, 3.63) is 29.3 Å². The summed E-state index contributed by atoms with van der Waals surface area (Å²) in [5.74, 6) is 0.170. The van der Waals surface area contributed by atoms with Crippen molar-refractivity contribution in [2.45, 2.75) is 25.5 Å². The maximum atomic E-state index is 11.6. The van der Waals surface area contributed by atoms with Gasteiger partial charge in [0.25, 0.3) is 0 Å². The van der Waals surface area contributed by atoms with E-state index in [2.05, 4.69) is 24.4 Å². The summed E-state index contributed by atoms with van der Waals surface area (Å²) in [5, 5.41) is 3.48. The molecule has 0 bridgehead atoms. The molecule has 2 aliphatic rings. The normalized spacial score (nSPS) is 27.4. The average Bonchev–Trinajstić information content (AvgIpc) is 2.65. The van der Waals surface area contributed by atoms with Gasteiger partial charge in [-0.1, -0.05) is 12.1 Å². The van der Waals surface area contributed by atoms with E-state index in [1.54, 1.807) is 4.90 Å². The quantitative estimate of drug-likeness (QED) is 0.811. The van der Waals surface area contributed by atoms with Gasteiger partial charge < -0.3 is 15.0 Å². The zero-order valence-electron chi connectivity index (χ0n) is 10.8. The second kappa shape index (κ2) is 4.37. The van der Waals surface area contributed by atoms with E-state index in [4.69, 9.17) is 4.74 Å². The lowest BCUT2D eigenvalue weighted by molar-refractivity contribution is -0.117. The molecule has 2 aliphatic heterocycles. The predicted molar refractivity (Wildman–Crippen MR) is 69.7 cm³/mol. The van der Waals surface area contributed by atoms with E-state index in [-0.39, 0.29) is 18.1 Å². The number of fused-ring (bicyclic) bond motifs is 1. The number of nitrogens with zero attached hydrogens (tertiary/aromatic N) is 1. The van der Waals surface area contributed by atoms with Crippen LogP contribution in [0.5, 0.6) is 0 Å². The van der Waals surface area contributed by atoms with Crippen molar-refractivity contribution in [1.82, 2.24) is 5.32 Å². The molecule has 0 saturated carbocycles. The van der Waals surface area contributed by atoms with Gasteiger partial charge in [-0.15, -0.1) is 0 Å². The van der Waals surface area contributed by atoms with Crippen molar-refractivity contribution in [3.63, 3.8) is 0 Å². The van der Waals surface area contributed by atoms with Crippen LogP contribution in [0.1, 0.15) is 24.1 Å². The summed E-state index contributed by atoms with van der Waals surface area (Å²) in [7, 11) is 1.83. The fourth-order valence-corrected chi connectivity index (χ4v) is 2.61. The Morgan fingerprint density at radius 2 is 2.28 bits per heavy atom. The number of amides is 1. The SMILES string of the molecule is CC1CNC(c2ccc3c(c2)CC(=O)N3C)CO1. The molecule has 1 N–H and O–H groups in total. The number of likely N-dealkylation sites (N-methyl/N-ethyl adjacent to an activating group) is 1. The van der Waals surface area contributed by atoms with Crippen LogP contribution in [0.3, 0.4) is 0 Å². The highest BCUT2D eigenvalue weighted by molar-refractivity contribution is 6.00. The van der Waals surface area contributed by atoms with Crippen molar-refractivity contribution in [2.24, 2.45) is 0 Å². The van der Waals surface area contributed by atoms with E-state index in [0.29, 0.717) is 13.0 Å². The molecule has 1 aromatic carbocycles. The molecule has 2 atom stereocenters. The summed E-state index contributed by atoms with van der Waals surface area (Å²) in [6, 6.07) is 6.50. The summed E-state index contributed by atoms with van der Waals surface area (Å²) >= 11 is 0. The molecule has 0 aliphatic carbocycles. The molecule has 1 fully saturated rings. The fourth-order valence-electron chi connectivity index (χ4n) is 2.61. The van der Waals surface area contributed by atoms with Gasteiger partial charge in [-0.25, -0.2) is 0 Å². The molecule has 0 radical (unpaired) electrons. The van der Waals surface area contributed by atoms with E-state index in [1.165, 1.54) is 5.56 Å². The third-order valence-corrected chi connectivity index (χ3v) is 3.78. The number of nitrogens with one attached hydrogen (secondary N) is 1. The molecule has 4 heteroatoms. The smallest absolute Gasteiger partial charge is 0.231 e. The third-order valence-electron chi connectivity index (χ3n) is 3.78. The van der Waals surface area contributed by atoms with Gasteiger partial charge in [0.1, 0.15) is 0 Å². The summed E-state index contributed by atoms with van der Waals surface area (Å²) in [4.78, 5) is 13.4. The van der Waals surface area contributed by atoms with Gasteiger partial charge in [0, 0.05) is 19.3 Å². The Morgan fingerprint density at radius 3 is 3.00 bits per heavy atom. The number of anilines is 1. The van der Waals surface area contributed by atoms with Crippen LogP contribution in [0.4, 0.5) is 5.69 Å². The molecule has 0 spiro atoms. The molecule has 2 unspecified atom stereocenters. The van der Waals surface area contributed by atoms with Gasteiger partial charge in [-0.05, 0) is 24.1 Å². The van der Waals surface area contributed by atoms with Crippen molar-refractivity contribution in [1.29, 1.82) is 0 Å². The second-order valence-corrected chi connectivity index (χ2v) is 5.12. The summed E-state index contributed by atoms with van der Waals surface area (Å²) in [5.41, 5.74) is 3.37. The van der Waals surface area contributed by atoms with E-state index in [9.17, 15) is 4.79 Å². The number of benzene rings is 1. The topological polar surface area (TPSA) is 41.6 Å². The zero-order valence-corrected chi connectivity index (χ0v) is 10.8. The average molecular weight is 246 g/mol. The Kier molecular flexibility index (Phi) is 2.84. The number of carbonyl (C=O) groups is 1. The van der Waals surface area contributed by atoms with E-state index in [1.807, 2.05) is 13.1 Å². The lowest BCUT2D eigenvalue weighted by atomic mass is 10.0. The molecule has 2 heterocycles. The minimum absolute atomic E-state index is 0.170. The van der Waals surface area contributed by atoms with Gasteiger partial charge >= 0.3 is 0 Å². The minimum atomic E-state index is 0.170.